The molecule has 0 aliphatic carbocycles. The highest BCUT2D eigenvalue weighted by Gasteiger charge is 2.44. The summed E-state index contributed by atoms with van der Waals surface area (Å²) in [5, 5.41) is 0. The van der Waals surface area contributed by atoms with Crippen LogP contribution in [0.2, 0.25) is 0 Å². The van der Waals surface area contributed by atoms with E-state index >= 15 is 0 Å². The summed E-state index contributed by atoms with van der Waals surface area (Å²) >= 11 is 0. The lowest BCUT2D eigenvalue weighted by molar-refractivity contribution is -0.00762. The molecule has 0 saturated carbocycles. The molecule has 0 heteroatoms. The van der Waals surface area contributed by atoms with Gasteiger partial charge in [0.05, 0.1) is 0 Å². The minimum absolute atomic E-state index is 0.411. The van der Waals surface area contributed by atoms with Gasteiger partial charge in [-0.25, -0.2) is 0 Å². The minimum Gasteiger partial charge on any atom is -0.0654 e. The summed E-state index contributed by atoms with van der Waals surface area (Å²) in [7, 11) is 0. The van der Waals surface area contributed by atoms with Gasteiger partial charge in [-0.1, -0.05) is 75.2 Å². The molecule has 0 N–H and O–H groups in total. The molecule has 0 spiro atoms. The Hall–Kier alpha value is 0. The van der Waals surface area contributed by atoms with Crippen molar-refractivity contribution in [2.45, 2.75) is 88.0 Å². The zero-order chi connectivity index (χ0) is 13.9. The molecule has 0 nitrogen and oxygen atoms in total. The van der Waals surface area contributed by atoms with Crippen LogP contribution in [0.5, 0.6) is 0 Å². The van der Waals surface area contributed by atoms with Crippen LogP contribution >= 0.6 is 0 Å². The second-order valence-corrected chi connectivity index (χ2v) is 8.30. The molecule has 0 aromatic carbocycles. The number of hydrogen-bond acceptors (Lipinski definition) is 0. The maximum atomic E-state index is 2.51. The van der Waals surface area contributed by atoms with Gasteiger partial charge in [0.15, 0.2) is 0 Å². The van der Waals surface area contributed by atoms with Crippen molar-refractivity contribution in [3.8, 4) is 0 Å². The first-order valence-corrected chi connectivity index (χ1v) is 7.46. The molecule has 104 valence electrons. The van der Waals surface area contributed by atoms with E-state index in [4.69, 9.17) is 0 Å². The van der Waals surface area contributed by atoms with Crippen LogP contribution in [-0.2, 0) is 0 Å². The lowest BCUT2D eigenvalue weighted by Crippen LogP contribution is -2.42. The Bertz CT molecular complexity index is 217. The quantitative estimate of drug-likeness (QED) is 0.511. The van der Waals surface area contributed by atoms with Gasteiger partial charge in [-0.2, -0.15) is 0 Å². The second kappa shape index (κ2) is 5.76. The first-order valence-electron chi connectivity index (χ1n) is 7.46. The van der Waals surface area contributed by atoms with Gasteiger partial charge in [0, 0.05) is 0 Å². The van der Waals surface area contributed by atoms with Crippen molar-refractivity contribution in [3.63, 3.8) is 0 Å². The zero-order valence-electron chi connectivity index (χ0n) is 13.9. The van der Waals surface area contributed by atoms with Gasteiger partial charge in [-0.05, 0) is 35.0 Å². The van der Waals surface area contributed by atoms with Crippen LogP contribution in [0.4, 0.5) is 0 Å². The number of unbranched alkanes of at least 4 members (excludes halogenated alkanes) is 1. The summed E-state index contributed by atoms with van der Waals surface area (Å²) in [6.07, 6.45) is 5.35. The maximum Gasteiger partial charge on any atom is -0.0251 e. The van der Waals surface area contributed by atoms with Crippen LogP contribution in [-0.4, -0.2) is 0 Å². The van der Waals surface area contributed by atoms with E-state index < -0.39 is 0 Å². The number of rotatable bonds is 6. The van der Waals surface area contributed by atoms with Crippen LogP contribution in [0.15, 0.2) is 0 Å². The van der Waals surface area contributed by atoms with Crippen molar-refractivity contribution in [1.82, 2.24) is 0 Å². The first-order chi connectivity index (χ1) is 7.46. The second-order valence-electron chi connectivity index (χ2n) is 8.30. The third kappa shape index (κ3) is 4.64. The van der Waals surface area contributed by atoms with Crippen LogP contribution in [0.25, 0.3) is 0 Å². The molecule has 1 atom stereocenters. The molecule has 1 unspecified atom stereocenters. The third-order valence-corrected chi connectivity index (χ3v) is 4.84. The van der Waals surface area contributed by atoms with Crippen molar-refractivity contribution in [2.75, 3.05) is 0 Å². The van der Waals surface area contributed by atoms with Gasteiger partial charge >= 0.3 is 0 Å². The van der Waals surface area contributed by atoms with Crippen LogP contribution in [0.3, 0.4) is 0 Å². The van der Waals surface area contributed by atoms with Crippen molar-refractivity contribution in [1.29, 1.82) is 0 Å². The van der Waals surface area contributed by atoms with Crippen LogP contribution < -0.4 is 0 Å². The third-order valence-electron chi connectivity index (χ3n) is 4.84. The van der Waals surface area contributed by atoms with E-state index in [1.165, 1.54) is 25.7 Å². The Morgan fingerprint density at radius 1 is 0.882 bits per heavy atom. The van der Waals surface area contributed by atoms with Gasteiger partial charge in [0.1, 0.15) is 0 Å². The Morgan fingerprint density at radius 2 is 1.35 bits per heavy atom. The molecule has 0 aromatic heterocycles. The highest BCUT2D eigenvalue weighted by Crippen LogP contribution is 2.53. The molecule has 0 aliphatic rings. The van der Waals surface area contributed by atoms with E-state index in [0.717, 1.165) is 5.92 Å². The SMILES string of the molecule is CCCCC(C)(C(C)C)C(C)(C)CC(C)(C)C. The predicted octanol–water partition coefficient (Wildman–Crippen LogP) is 6.30. The van der Waals surface area contributed by atoms with Crippen molar-refractivity contribution in [3.05, 3.63) is 0 Å². The fraction of sp³-hybridized carbons (Fsp3) is 1.00. The maximum absolute atomic E-state index is 2.51. The Morgan fingerprint density at radius 3 is 1.65 bits per heavy atom. The topological polar surface area (TPSA) is 0 Å². The molecule has 0 heterocycles. The summed E-state index contributed by atoms with van der Waals surface area (Å²) in [6.45, 7) is 21.7. The largest absolute Gasteiger partial charge is 0.0654 e. The van der Waals surface area contributed by atoms with E-state index in [2.05, 4.69) is 62.3 Å². The smallest absolute Gasteiger partial charge is 0.0251 e. The van der Waals surface area contributed by atoms with Crippen molar-refractivity contribution in [2.24, 2.45) is 22.2 Å². The number of hydrogen-bond donors (Lipinski definition) is 0. The molecule has 0 amide bonds. The molecular formula is C17H36. The van der Waals surface area contributed by atoms with Gasteiger partial charge in [-0.15, -0.1) is 0 Å². The lowest BCUT2D eigenvalue weighted by atomic mass is 9.55. The van der Waals surface area contributed by atoms with E-state index in [0.29, 0.717) is 16.2 Å². The van der Waals surface area contributed by atoms with E-state index in [9.17, 15) is 0 Å². The van der Waals surface area contributed by atoms with Crippen molar-refractivity contribution >= 4 is 0 Å². The monoisotopic (exact) mass is 240 g/mol. The fourth-order valence-electron chi connectivity index (χ4n) is 3.48. The summed E-state index contributed by atoms with van der Waals surface area (Å²) in [6, 6.07) is 0. The highest BCUT2D eigenvalue weighted by molar-refractivity contribution is 4.93. The van der Waals surface area contributed by atoms with Gasteiger partial charge in [0.25, 0.3) is 0 Å². The Kier molecular flexibility index (Phi) is 5.76. The minimum atomic E-state index is 0.411. The van der Waals surface area contributed by atoms with Gasteiger partial charge in [0.2, 0.25) is 0 Å². The summed E-state index contributed by atoms with van der Waals surface area (Å²) in [4.78, 5) is 0. The highest BCUT2D eigenvalue weighted by atomic mass is 14.5. The lowest BCUT2D eigenvalue weighted by Gasteiger charge is -2.50. The summed E-state index contributed by atoms with van der Waals surface area (Å²) < 4.78 is 0. The average molecular weight is 240 g/mol. The molecule has 0 fully saturated rings. The Balaban J connectivity index is 5.02. The summed E-state index contributed by atoms with van der Waals surface area (Å²) in [5.41, 5.74) is 1.29. The van der Waals surface area contributed by atoms with Gasteiger partial charge < -0.3 is 0 Å². The van der Waals surface area contributed by atoms with E-state index in [1.807, 2.05) is 0 Å². The molecule has 0 aliphatic heterocycles. The van der Waals surface area contributed by atoms with Gasteiger partial charge in [-0.3, -0.25) is 0 Å². The molecule has 0 radical (unpaired) electrons. The molecule has 0 saturated heterocycles. The standard InChI is InChI=1S/C17H36/c1-10-11-12-17(9,14(2)3)16(7,8)13-15(4,5)6/h14H,10-13H2,1-9H3. The molecular weight excluding hydrogens is 204 g/mol. The molecule has 0 bridgehead atoms. The molecule has 17 heavy (non-hydrogen) atoms. The normalized spacial score (nSPS) is 17.3. The molecule has 0 aromatic rings. The summed E-state index contributed by atoms with van der Waals surface area (Å²) in [5.74, 6) is 0.756. The van der Waals surface area contributed by atoms with Crippen LogP contribution in [0.1, 0.15) is 88.0 Å². The molecule has 0 rings (SSSR count). The van der Waals surface area contributed by atoms with Crippen molar-refractivity contribution < 1.29 is 0 Å². The first kappa shape index (κ1) is 17.0. The Labute approximate surface area is 111 Å². The predicted molar refractivity (Wildman–Crippen MR) is 80.3 cm³/mol. The fourth-order valence-corrected chi connectivity index (χ4v) is 3.48. The van der Waals surface area contributed by atoms with Crippen LogP contribution in [0, 0.1) is 22.2 Å². The zero-order valence-corrected chi connectivity index (χ0v) is 13.9. The average Bonchev–Trinajstić information content (AvgIpc) is 2.09. The van der Waals surface area contributed by atoms with E-state index in [-0.39, 0.29) is 0 Å². The van der Waals surface area contributed by atoms with E-state index in [1.54, 1.807) is 0 Å².